The van der Waals surface area contributed by atoms with E-state index < -0.39 is 0 Å². The van der Waals surface area contributed by atoms with Crippen LogP contribution in [0.2, 0.25) is 0 Å². The lowest BCUT2D eigenvalue weighted by molar-refractivity contribution is 0.0853. The molecule has 0 unspecified atom stereocenters. The molecule has 3 rings (SSSR count). The smallest absolute Gasteiger partial charge is 0.0471 e. The molecule has 1 aromatic carbocycles. The summed E-state index contributed by atoms with van der Waals surface area (Å²) in [6.45, 7) is 1.83. The average Bonchev–Trinajstić information content (AvgIpc) is 3.09. The largest absolute Gasteiger partial charge is 0.381 e. The minimum atomic E-state index is 0.125. The van der Waals surface area contributed by atoms with Gasteiger partial charge >= 0.3 is 0 Å². The second-order valence-electron chi connectivity index (χ2n) is 5.67. The van der Waals surface area contributed by atoms with Crippen molar-refractivity contribution in [2.24, 2.45) is 5.73 Å². The average molecular weight is 231 g/mol. The van der Waals surface area contributed by atoms with Gasteiger partial charge in [-0.15, -0.1) is 0 Å². The van der Waals surface area contributed by atoms with Crippen molar-refractivity contribution in [1.29, 1.82) is 0 Å². The van der Waals surface area contributed by atoms with Crippen LogP contribution in [0.15, 0.2) is 24.3 Å². The molecule has 0 radical (unpaired) electrons. The lowest BCUT2D eigenvalue weighted by Gasteiger charge is -2.22. The summed E-state index contributed by atoms with van der Waals surface area (Å²) in [5.41, 5.74) is 9.13. The van der Waals surface area contributed by atoms with Crippen LogP contribution in [0.4, 0.5) is 0 Å². The predicted octanol–water partition coefficient (Wildman–Crippen LogP) is 2.61. The highest BCUT2D eigenvalue weighted by Crippen LogP contribution is 2.36. The van der Waals surface area contributed by atoms with E-state index in [1.54, 1.807) is 0 Å². The fourth-order valence-corrected chi connectivity index (χ4v) is 2.68. The fourth-order valence-electron chi connectivity index (χ4n) is 2.68. The summed E-state index contributed by atoms with van der Waals surface area (Å²) in [6, 6.07) is 9.10. The standard InChI is InChI=1S/C15H21NO/c16-15(7-8-15)11-12-1-3-13(4-2-12)14-5-9-17-10-6-14/h1-4,14H,5-11,16H2. The van der Waals surface area contributed by atoms with Crippen LogP contribution in [0.3, 0.4) is 0 Å². The van der Waals surface area contributed by atoms with Gasteiger partial charge in [0.05, 0.1) is 0 Å². The van der Waals surface area contributed by atoms with Gasteiger partial charge in [0.1, 0.15) is 0 Å². The van der Waals surface area contributed by atoms with E-state index in [1.165, 1.54) is 36.8 Å². The molecule has 1 aromatic rings. The summed E-state index contributed by atoms with van der Waals surface area (Å²) in [5.74, 6) is 0.700. The van der Waals surface area contributed by atoms with Crippen molar-refractivity contribution in [3.63, 3.8) is 0 Å². The maximum atomic E-state index is 6.14. The van der Waals surface area contributed by atoms with Crippen molar-refractivity contribution in [2.45, 2.75) is 43.6 Å². The maximum Gasteiger partial charge on any atom is 0.0471 e. The van der Waals surface area contributed by atoms with E-state index in [4.69, 9.17) is 10.5 Å². The van der Waals surface area contributed by atoms with Gasteiger partial charge in [0.2, 0.25) is 0 Å². The van der Waals surface area contributed by atoms with Crippen LogP contribution in [-0.2, 0) is 11.2 Å². The van der Waals surface area contributed by atoms with Crippen molar-refractivity contribution < 1.29 is 4.74 Å². The molecule has 0 atom stereocenters. The highest BCUT2D eigenvalue weighted by molar-refractivity contribution is 5.28. The van der Waals surface area contributed by atoms with Crippen molar-refractivity contribution >= 4 is 0 Å². The predicted molar refractivity (Wildman–Crippen MR) is 69.1 cm³/mol. The first-order chi connectivity index (χ1) is 8.25. The van der Waals surface area contributed by atoms with Gasteiger partial charge in [-0.1, -0.05) is 24.3 Å². The Morgan fingerprint density at radius 2 is 1.76 bits per heavy atom. The number of nitrogens with two attached hydrogens (primary N) is 1. The Balaban J connectivity index is 1.66. The van der Waals surface area contributed by atoms with Crippen molar-refractivity contribution in [3.8, 4) is 0 Å². The zero-order chi connectivity index (χ0) is 11.7. The third kappa shape index (κ3) is 2.70. The SMILES string of the molecule is NC1(Cc2ccc(C3CCOCC3)cc2)CC1. The third-order valence-electron chi connectivity index (χ3n) is 4.12. The Labute approximate surface area is 103 Å². The van der Waals surface area contributed by atoms with Gasteiger partial charge in [-0.3, -0.25) is 0 Å². The summed E-state index contributed by atoms with van der Waals surface area (Å²) in [6.07, 6.45) is 5.75. The summed E-state index contributed by atoms with van der Waals surface area (Å²) >= 11 is 0. The normalized spacial score (nSPS) is 23.6. The van der Waals surface area contributed by atoms with Crippen LogP contribution in [0, 0.1) is 0 Å². The Bertz CT molecular complexity index is 374. The quantitative estimate of drug-likeness (QED) is 0.868. The van der Waals surface area contributed by atoms with E-state index in [0.717, 1.165) is 19.6 Å². The van der Waals surface area contributed by atoms with Crippen LogP contribution in [0.1, 0.15) is 42.7 Å². The first-order valence-corrected chi connectivity index (χ1v) is 6.71. The zero-order valence-corrected chi connectivity index (χ0v) is 10.3. The number of rotatable bonds is 3. The Kier molecular flexibility index (Phi) is 2.93. The first-order valence-electron chi connectivity index (χ1n) is 6.71. The molecule has 2 aliphatic rings. The zero-order valence-electron chi connectivity index (χ0n) is 10.3. The molecular formula is C15H21NO. The molecule has 17 heavy (non-hydrogen) atoms. The lowest BCUT2D eigenvalue weighted by Crippen LogP contribution is -2.24. The lowest BCUT2D eigenvalue weighted by atomic mass is 9.90. The van der Waals surface area contributed by atoms with Gasteiger partial charge in [0, 0.05) is 18.8 Å². The number of ether oxygens (including phenoxy) is 1. The maximum absolute atomic E-state index is 6.14. The molecule has 1 saturated carbocycles. The molecule has 0 aromatic heterocycles. The molecule has 0 spiro atoms. The first kappa shape index (κ1) is 11.2. The summed E-state index contributed by atoms with van der Waals surface area (Å²) < 4.78 is 5.40. The molecule has 92 valence electrons. The molecule has 1 heterocycles. The molecule has 0 bridgehead atoms. The minimum absolute atomic E-state index is 0.125. The third-order valence-corrected chi connectivity index (χ3v) is 4.12. The molecular weight excluding hydrogens is 210 g/mol. The van der Waals surface area contributed by atoms with E-state index in [1.807, 2.05) is 0 Å². The van der Waals surface area contributed by atoms with Crippen molar-refractivity contribution in [1.82, 2.24) is 0 Å². The minimum Gasteiger partial charge on any atom is -0.381 e. The molecule has 1 aliphatic carbocycles. The molecule has 0 amide bonds. The Morgan fingerprint density at radius 1 is 1.12 bits per heavy atom. The van der Waals surface area contributed by atoms with Gasteiger partial charge in [0.15, 0.2) is 0 Å². The molecule has 2 nitrogen and oxygen atoms in total. The van der Waals surface area contributed by atoms with Crippen LogP contribution in [-0.4, -0.2) is 18.8 Å². The van der Waals surface area contributed by atoms with Gasteiger partial charge in [-0.2, -0.15) is 0 Å². The van der Waals surface area contributed by atoms with E-state index in [-0.39, 0.29) is 5.54 Å². The highest BCUT2D eigenvalue weighted by Gasteiger charge is 2.37. The second-order valence-corrected chi connectivity index (χ2v) is 5.67. The molecule has 2 fully saturated rings. The monoisotopic (exact) mass is 231 g/mol. The fraction of sp³-hybridized carbons (Fsp3) is 0.600. The molecule has 2 heteroatoms. The number of benzene rings is 1. The number of hydrogen-bond acceptors (Lipinski definition) is 2. The Morgan fingerprint density at radius 3 is 2.35 bits per heavy atom. The van der Waals surface area contributed by atoms with E-state index >= 15 is 0 Å². The molecule has 2 N–H and O–H groups in total. The van der Waals surface area contributed by atoms with E-state index in [2.05, 4.69) is 24.3 Å². The summed E-state index contributed by atoms with van der Waals surface area (Å²) in [5, 5.41) is 0. The highest BCUT2D eigenvalue weighted by atomic mass is 16.5. The van der Waals surface area contributed by atoms with Gasteiger partial charge in [-0.25, -0.2) is 0 Å². The van der Waals surface area contributed by atoms with Crippen molar-refractivity contribution in [3.05, 3.63) is 35.4 Å². The van der Waals surface area contributed by atoms with Crippen molar-refractivity contribution in [2.75, 3.05) is 13.2 Å². The van der Waals surface area contributed by atoms with Crippen LogP contribution < -0.4 is 5.73 Å². The van der Waals surface area contributed by atoms with Crippen LogP contribution in [0.5, 0.6) is 0 Å². The topological polar surface area (TPSA) is 35.2 Å². The van der Waals surface area contributed by atoms with E-state index in [0.29, 0.717) is 5.92 Å². The van der Waals surface area contributed by atoms with Gasteiger partial charge in [0.25, 0.3) is 0 Å². The Hall–Kier alpha value is -0.860. The van der Waals surface area contributed by atoms with Crippen LogP contribution >= 0.6 is 0 Å². The van der Waals surface area contributed by atoms with E-state index in [9.17, 15) is 0 Å². The second kappa shape index (κ2) is 4.43. The molecule has 1 aliphatic heterocycles. The van der Waals surface area contributed by atoms with Gasteiger partial charge in [-0.05, 0) is 49.1 Å². The van der Waals surface area contributed by atoms with Gasteiger partial charge < -0.3 is 10.5 Å². The summed E-state index contributed by atoms with van der Waals surface area (Å²) in [4.78, 5) is 0. The van der Waals surface area contributed by atoms with Crippen LogP contribution in [0.25, 0.3) is 0 Å². The summed E-state index contributed by atoms with van der Waals surface area (Å²) in [7, 11) is 0. The number of hydrogen-bond donors (Lipinski definition) is 1. The molecule has 1 saturated heterocycles.